The summed E-state index contributed by atoms with van der Waals surface area (Å²) in [7, 11) is 0. The largest absolute Gasteiger partial charge is 0.481 e. The third kappa shape index (κ3) is 5.82. The lowest BCUT2D eigenvalue weighted by Gasteiger charge is -2.41. The maximum absolute atomic E-state index is 10.9. The molecule has 20 heavy (non-hydrogen) atoms. The first-order chi connectivity index (χ1) is 9.34. The van der Waals surface area contributed by atoms with Crippen LogP contribution < -0.4 is 0 Å². The monoisotopic (exact) mass is 283 g/mol. The van der Waals surface area contributed by atoms with E-state index in [4.69, 9.17) is 5.11 Å². The Morgan fingerprint density at radius 3 is 2.45 bits per heavy atom. The summed E-state index contributed by atoms with van der Waals surface area (Å²) in [5.74, 6) is 0.211. The van der Waals surface area contributed by atoms with E-state index >= 15 is 0 Å². The number of rotatable bonds is 6. The van der Waals surface area contributed by atoms with Crippen molar-refractivity contribution in [1.82, 2.24) is 4.90 Å². The van der Waals surface area contributed by atoms with Crippen molar-refractivity contribution >= 4 is 5.97 Å². The van der Waals surface area contributed by atoms with Crippen LogP contribution >= 0.6 is 0 Å². The number of hydrogen-bond donors (Lipinski definition) is 1. The van der Waals surface area contributed by atoms with Crippen LogP contribution in [0.4, 0.5) is 0 Å². The van der Waals surface area contributed by atoms with Gasteiger partial charge in [0, 0.05) is 18.1 Å². The van der Waals surface area contributed by atoms with Crippen molar-refractivity contribution in [1.29, 1.82) is 0 Å². The summed E-state index contributed by atoms with van der Waals surface area (Å²) in [6.45, 7) is 9.59. The van der Waals surface area contributed by atoms with Crippen LogP contribution in [0.1, 0.15) is 79.1 Å². The zero-order valence-corrected chi connectivity index (χ0v) is 13.8. The van der Waals surface area contributed by atoms with Gasteiger partial charge in [-0.3, -0.25) is 9.69 Å². The van der Waals surface area contributed by atoms with Gasteiger partial charge in [0.2, 0.25) is 0 Å². The van der Waals surface area contributed by atoms with Crippen molar-refractivity contribution in [3.63, 3.8) is 0 Å². The van der Waals surface area contributed by atoms with Crippen molar-refractivity contribution in [2.24, 2.45) is 5.92 Å². The van der Waals surface area contributed by atoms with Gasteiger partial charge in [0.05, 0.1) is 6.42 Å². The van der Waals surface area contributed by atoms with E-state index < -0.39 is 5.97 Å². The molecule has 0 aromatic rings. The molecule has 3 heteroatoms. The summed E-state index contributed by atoms with van der Waals surface area (Å²) in [5.41, 5.74) is 0.0602. The van der Waals surface area contributed by atoms with Crippen molar-refractivity contribution in [2.45, 2.75) is 90.6 Å². The molecule has 2 atom stereocenters. The van der Waals surface area contributed by atoms with Crippen molar-refractivity contribution < 1.29 is 9.90 Å². The van der Waals surface area contributed by atoms with Crippen LogP contribution in [-0.4, -0.2) is 34.1 Å². The number of carboxylic acids is 1. The molecule has 0 aromatic carbocycles. The zero-order chi connectivity index (χ0) is 15.2. The van der Waals surface area contributed by atoms with Gasteiger partial charge in [-0.1, -0.05) is 32.6 Å². The van der Waals surface area contributed by atoms with E-state index in [0.717, 1.165) is 5.92 Å². The minimum Gasteiger partial charge on any atom is -0.481 e. The van der Waals surface area contributed by atoms with E-state index in [1.165, 1.54) is 44.9 Å². The van der Waals surface area contributed by atoms with Gasteiger partial charge < -0.3 is 5.11 Å². The van der Waals surface area contributed by atoms with Gasteiger partial charge in [0.1, 0.15) is 0 Å². The van der Waals surface area contributed by atoms with E-state index in [-0.39, 0.29) is 12.0 Å². The molecule has 0 saturated heterocycles. The van der Waals surface area contributed by atoms with Gasteiger partial charge in [0.25, 0.3) is 0 Å². The second-order valence-corrected chi connectivity index (χ2v) is 7.32. The molecular formula is C17H33NO2. The normalized spacial score (nSPS) is 24.6. The zero-order valence-electron chi connectivity index (χ0n) is 13.8. The Hall–Kier alpha value is -0.570. The average molecular weight is 283 g/mol. The molecular weight excluding hydrogens is 250 g/mol. The second-order valence-electron chi connectivity index (χ2n) is 7.32. The molecule has 0 heterocycles. The lowest BCUT2D eigenvalue weighted by molar-refractivity contribution is -0.137. The van der Waals surface area contributed by atoms with Gasteiger partial charge in [0.15, 0.2) is 0 Å². The van der Waals surface area contributed by atoms with E-state index in [9.17, 15) is 4.79 Å². The maximum atomic E-state index is 10.9. The molecule has 0 amide bonds. The van der Waals surface area contributed by atoms with Crippen LogP contribution in [0.25, 0.3) is 0 Å². The number of nitrogens with zero attached hydrogens (tertiary/aromatic N) is 1. The fraction of sp³-hybridized carbons (Fsp3) is 0.941. The predicted molar refractivity (Wildman–Crippen MR) is 84.0 cm³/mol. The van der Waals surface area contributed by atoms with Crippen LogP contribution in [0, 0.1) is 5.92 Å². The second kappa shape index (κ2) is 8.02. The van der Waals surface area contributed by atoms with Gasteiger partial charge in [-0.25, -0.2) is 0 Å². The Labute approximate surface area is 124 Å². The first-order valence-corrected chi connectivity index (χ1v) is 8.33. The molecule has 118 valence electrons. The minimum absolute atomic E-state index is 0.0602. The molecule has 1 aliphatic rings. The van der Waals surface area contributed by atoms with Crippen LogP contribution in [0.15, 0.2) is 0 Å². The lowest BCUT2D eigenvalue weighted by atomic mass is 9.94. The van der Waals surface area contributed by atoms with Crippen molar-refractivity contribution in [2.75, 3.05) is 6.54 Å². The molecule has 0 bridgehead atoms. The Morgan fingerprint density at radius 1 is 1.20 bits per heavy atom. The Morgan fingerprint density at radius 2 is 1.90 bits per heavy atom. The van der Waals surface area contributed by atoms with E-state index in [1.54, 1.807) is 0 Å². The predicted octanol–water partition coefficient (Wildman–Crippen LogP) is 4.31. The molecule has 3 nitrogen and oxygen atoms in total. The first kappa shape index (κ1) is 17.5. The molecule has 0 radical (unpaired) electrons. The molecule has 1 fully saturated rings. The lowest BCUT2D eigenvalue weighted by Crippen LogP contribution is -2.49. The van der Waals surface area contributed by atoms with Crippen LogP contribution in [0.3, 0.4) is 0 Å². The van der Waals surface area contributed by atoms with E-state index in [1.807, 2.05) is 0 Å². The highest BCUT2D eigenvalue weighted by Gasteiger charge is 2.30. The molecule has 2 unspecified atom stereocenters. The molecule has 1 saturated carbocycles. The quantitative estimate of drug-likeness (QED) is 0.738. The summed E-state index contributed by atoms with van der Waals surface area (Å²) >= 11 is 0. The maximum Gasteiger partial charge on any atom is 0.304 e. The standard InChI is InChI=1S/C17H33NO2/c1-5-7-14-8-6-9-15(11-10-14)18(17(2,3)4)13-12-16(19)20/h14-15H,5-13H2,1-4H3,(H,19,20). The fourth-order valence-electron chi connectivity index (χ4n) is 3.65. The summed E-state index contributed by atoms with van der Waals surface area (Å²) in [4.78, 5) is 13.3. The average Bonchev–Trinajstić information content (AvgIpc) is 2.54. The Bertz CT molecular complexity index is 296. The number of carboxylic acid groups (broad SMARTS) is 1. The third-order valence-corrected chi connectivity index (χ3v) is 4.62. The number of aliphatic carboxylic acids is 1. The topological polar surface area (TPSA) is 40.5 Å². The molecule has 0 spiro atoms. The highest BCUT2D eigenvalue weighted by Crippen LogP contribution is 2.32. The molecule has 1 N–H and O–H groups in total. The Balaban J connectivity index is 2.63. The number of hydrogen-bond acceptors (Lipinski definition) is 2. The first-order valence-electron chi connectivity index (χ1n) is 8.33. The van der Waals surface area contributed by atoms with Crippen LogP contribution in [0.5, 0.6) is 0 Å². The molecule has 0 aliphatic heterocycles. The van der Waals surface area contributed by atoms with E-state index in [0.29, 0.717) is 12.6 Å². The molecule has 1 aliphatic carbocycles. The molecule has 0 aromatic heterocycles. The van der Waals surface area contributed by atoms with Crippen molar-refractivity contribution in [3.8, 4) is 0 Å². The summed E-state index contributed by atoms with van der Waals surface area (Å²) < 4.78 is 0. The van der Waals surface area contributed by atoms with Gasteiger partial charge in [-0.05, 0) is 46.0 Å². The summed E-state index contributed by atoms with van der Waals surface area (Å²) in [6, 6.07) is 0.566. The van der Waals surface area contributed by atoms with Crippen LogP contribution in [-0.2, 0) is 4.79 Å². The summed E-state index contributed by atoms with van der Waals surface area (Å²) in [5, 5.41) is 8.97. The van der Waals surface area contributed by atoms with Gasteiger partial charge in [-0.2, -0.15) is 0 Å². The smallest absolute Gasteiger partial charge is 0.304 e. The highest BCUT2D eigenvalue weighted by molar-refractivity contribution is 5.66. The summed E-state index contributed by atoms with van der Waals surface area (Å²) in [6.07, 6.45) is 9.36. The minimum atomic E-state index is -0.684. The fourth-order valence-corrected chi connectivity index (χ4v) is 3.65. The highest BCUT2D eigenvalue weighted by atomic mass is 16.4. The van der Waals surface area contributed by atoms with E-state index in [2.05, 4.69) is 32.6 Å². The number of carbonyl (C=O) groups is 1. The van der Waals surface area contributed by atoms with Gasteiger partial charge >= 0.3 is 5.97 Å². The third-order valence-electron chi connectivity index (χ3n) is 4.62. The van der Waals surface area contributed by atoms with Gasteiger partial charge in [-0.15, -0.1) is 0 Å². The SMILES string of the molecule is CCCC1CCCC(N(CCC(=O)O)C(C)(C)C)CC1. The Kier molecular flexibility index (Phi) is 7.01. The van der Waals surface area contributed by atoms with Crippen molar-refractivity contribution in [3.05, 3.63) is 0 Å². The van der Waals surface area contributed by atoms with Crippen LogP contribution in [0.2, 0.25) is 0 Å². The molecule has 1 rings (SSSR count).